The van der Waals surface area contributed by atoms with Crippen LogP contribution in [0.1, 0.15) is 44.7 Å². The number of rotatable bonds is 3. The molecule has 0 aromatic heterocycles. The number of hydrogen-bond acceptors (Lipinski definition) is 1. The Morgan fingerprint density at radius 3 is 2.58 bits per heavy atom. The van der Waals surface area contributed by atoms with Crippen molar-refractivity contribution < 1.29 is 8.78 Å². The van der Waals surface area contributed by atoms with Gasteiger partial charge < -0.3 is 5.32 Å². The standard InChI is InChI=1S/C15H20BrF2N/c1-15(2)8-4-5-9(15)14(19-3)12-11(17)7-6-10(16)13(12)18/h6-7,9,14,19H,4-5,8H2,1-3H3. The molecular formula is C15H20BrF2N. The highest BCUT2D eigenvalue weighted by atomic mass is 79.9. The van der Waals surface area contributed by atoms with E-state index in [0.29, 0.717) is 4.47 Å². The first-order valence-electron chi connectivity index (χ1n) is 6.69. The molecule has 0 spiro atoms. The van der Waals surface area contributed by atoms with Crippen LogP contribution in [0.5, 0.6) is 0 Å². The van der Waals surface area contributed by atoms with Gasteiger partial charge in [0.2, 0.25) is 0 Å². The lowest BCUT2D eigenvalue weighted by Gasteiger charge is -2.34. The Balaban J connectivity index is 2.46. The van der Waals surface area contributed by atoms with Crippen LogP contribution in [0.2, 0.25) is 0 Å². The highest BCUT2D eigenvalue weighted by Gasteiger charge is 2.41. The molecule has 0 radical (unpaired) electrons. The fourth-order valence-electron chi connectivity index (χ4n) is 3.35. The van der Waals surface area contributed by atoms with Crippen LogP contribution in [0, 0.1) is 23.0 Å². The van der Waals surface area contributed by atoms with Crippen LogP contribution < -0.4 is 5.32 Å². The zero-order chi connectivity index (χ0) is 14.2. The minimum atomic E-state index is -0.484. The van der Waals surface area contributed by atoms with E-state index in [1.54, 1.807) is 7.05 Å². The smallest absolute Gasteiger partial charge is 0.145 e. The van der Waals surface area contributed by atoms with Gasteiger partial charge in [-0.3, -0.25) is 0 Å². The van der Waals surface area contributed by atoms with Gasteiger partial charge in [0.25, 0.3) is 0 Å². The van der Waals surface area contributed by atoms with E-state index in [1.807, 2.05) is 0 Å². The first-order valence-corrected chi connectivity index (χ1v) is 7.48. The molecule has 1 aliphatic rings. The molecule has 0 bridgehead atoms. The van der Waals surface area contributed by atoms with Crippen molar-refractivity contribution >= 4 is 15.9 Å². The third kappa shape index (κ3) is 2.70. The molecule has 0 heterocycles. The maximum Gasteiger partial charge on any atom is 0.145 e. The van der Waals surface area contributed by atoms with E-state index in [0.717, 1.165) is 19.3 Å². The maximum atomic E-state index is 14.3. The molecule has 1 aliphatic carbocycles. The Kier molecular flexibility index (Phi) is 4.31. The summed E-state index contributed by atoms with van der Waals surface area (Å²) in [6.07, 6.45) is 3.23. The van der Waals surface area contributed by atoms with Crippen LogP contribution in [0.15, 0.2) is 16.6 Å². The Hall–Kier alpha value is -0.480. The first-order chi connectivity index (χ1) is 8.88. The number of hydrogen-bond donors (Lipinski definition) is 1. The normalized spacial score (nSPS) is 23.6. The minimum Gasteiger partial charge on any atom is -0.313 e. The van der Waals surface area contributed by atoms with Crippen LogP contribution in [0.25, 0.3) is 0 Å². The van der Waals surface area contributed by atoms with E-state index >= 15 is 0 Å². The molecule has 4 heteroatoms. The molecule has 0 aliphatic heterocycles. The van der Waals surface area contributed by atoms with Gasteiger partial charge in [0.15, 0.2) is 0 Å². The van der Waals surface area contributed by atoms with Crippen molar-refractivity contribution in [1.29, 1.82) is 0 Å². The number of halogens is 3. The van der Waals surface area contributed by atoms with E-state index < -0.39 is 11.6 Å². The molecule has 2 rings (SSSR count). The number of benzene rings is 1. The van der Waals surface area contributed by atoms with Crippen molar-refractivity contribution in [3.63, 3.8) is 0 Å². The lowest BCUT2D eigenvalue weighted by Crippen LogP contribution is -2.33. The predicted octanol–water partition coefficient (Wildman–Crippen LogP) is 4.81. The Morgan fingerprint density at radius 2 is 2.05 bits per heavy atom. The van der Waals surface area contributed by atoms with Crippen LogP contribution in [-0.4, -0.2) is 7.05 Å². The molecule has 106 valence electrons. The fraction of sp³-hybridized carbons (Fsp3) is 0.600. The largest absolute Gasteiger partial charge is 0.313 e. The van der Waals surface area contributed by atoms with Crippen LogP contribution in [0.4, 0.5) is 8.78 Å². The average molecular weight is 332 g/mol. The van der Waals surface area contributed by atoms with Crippen molar-refractivity contribution in [3.8, 4) is 0 Å². The molecular weight excluding hydrogens is 312 g/mol. The van der Waals surface area contributed by atoms with E-state index in [9.17, 15) is 8.78 Å². The van der Waals surface area contributed by atoms with Crippen molar-refractivity contribution in [2.24, 2.45) is 11.3 Å². The summed E-state index contributed by atoms with van der Waals surface area (Å²) in [5.74, 6) is -0.708. The average Bonchev–Trinajstić information content (AvgIpc) is 2.69. The summed E-state index contributed by atoms with van der Waals surface area (Å²) in [7, 11) is 1.78. The summed E-state index contributed by atoms with van der Waals surface area (Å²) in [5, 5.41) is 3.12. The van der Waals surface area contributed by atoms with Crippen molar-refractivity contribution in [1.82, 2.24) is 5.32 Å². The van der Waals surface area contributed by atoms with Gasteiger partial charge in [0, 0.05) is 11.6 Å². The lowest BCUT2D eigenvalue weighted by molar-refractivity contribution is 0.197. The molecule has 1 saturated carbocycles. The zero-order valence-electron chi connectivity index (χ0n) is 11.6. The molecule has 1 N–H and O–H groups in total. The van der Waals surface area contributed by atoms with Gasteiger partial charge in [0.1, 0.15) is 11.6 Å². The quantitative estimate of drug-likeness (QED) is 0.783. The Labute approximate surface area is 121 Å². The topological polar surface area (TPSA) is 12.0 Å². The second-order valence-electron chi connectivity index (χ2n) is 6.01. The molecule has 0 saturated heterocycles. The maximum absolute atomic E-state index is 14.3. The monoisotopic (exact) mass is 331 g/mol. The molecule has 1 fully saturated rings. The van der Waals surface area contributed by atoms with Gasteiger partial charge in [-0.15, -0.1) is 0 Å². The molecule has 0 amide bonds. The summed E-state index contributed by atoms with van der Waals surface area (Å²) in [6, 6.07) is 2.46. The highest BCUT2D eigenvalue weighted by Crippen LogP contribution is 2.49. The molecule has 19 heavy (non-hydrogen) atoms. The van der Waals surface area contributed by atoms with E-state index in [2.05, 4.69) is 35.1 Å². The molecule has 1 aromatic carbocycles. The third-order valence-corrected chi connectivity index (χ3v) is 5.06. The summed E-state index contributed by atoms with van der Waals surface area (Å²) in [4.78, 5) is 0. The van der Waals surface area contributed by atoms with E-state index in [-0.39, 0.29) is 22.9 Å². The first kappa shape index (κ1) is 14.9. The highest BCUT2D eigenvalue weighted by molar-refractivity contribution is 9.10. The van der Waals surface area contributed by atoms with Crippen LogP contribution >= 0.6 is 15.9 Å². The second-order valence-corrected chi connectivity index (χ2v) is 6.86. The third-order valence-electron chi connectivity index (χ3n) is 4.44. The van der Waals surface area contributed by atoms with Crippen molar-refractivity contribution in [3.05, 3.63) is 33.8 Å². The van der Waals surface area contributed by atoms with Gasteiger partial charge in [-0.1, -0.05) is 20.3 Å². The van der Waals surface area contributed by atoms with Crippen molar-refractivity contribution in [2.75, 3.05) is 7.05 Å². The molecule has 2 unspecified atom stereocenters. The van der Waals surface area contributed by atoms with Gasteiger partial charge in [-0.2, -0.15) is 0 Å². The Bertz CT molecular complexity index is 473. The summed E-state index contributed by atoms with van der Waals surface area (Å²) >= 11 is 3.15. The predicted molar refractivity (Wildman–Crippen MR) is 77.0 cm³/mol. The lowest BCUT2D eigenvalue weighted by atomic mass is 9.75. The second kappa shape index (κ2) is 5.49. The van der Waals surface area contributed by atoms with Crippen molar-refractivity contribution in [2.45, 2.75) is 39.2 Å². The summed E-state index contributed by atoms with van der Waals surface area (Å²) < 4.78 is 28.7. The van der Waals surface area contributed by atoms with E-state index in [4.69, 9.17) is 0 Å². The summed E-state index contributed by atoms with van der Waals surface area (Å²) in [6.45, 7) is 4.37. The van der Waals surface area contributed by atoms with Crippen LogP contribution in [-0.2, 0) is 0 Å². The minimum absolute atomic E-state index is 0.106. The SMILES string of the molecule is CNC(c1c(F)ccc(Br)c1F)C1CCCC1(C)C. The van der Waals surface area contributed by atoms with Crippen LogP contribution in [0.3, 0.4) is 0 Å². The fourth-order valence-corrected chi connectivity index (χ4v) is 3.69. The molecule has 1 aromatic rings. The van der Waals surface area contributed by atoms with Gasteiger partial charge >= 0.3 is 0 Å². The Morgan fingerprint density at radius 1 is 1.37 bits per heavy atom. The number of nitrogens with one attached hydrogen (secondary N) is 1. The van der Waals surface area contributed by atoms with Gasteiger partial charge in [-0.25, -0.2) is 8.78 Å². The van der Waals surface area contributed by atoms with Gasteiger partial charge in [0.05, 0.1) is 4.47 Å². The molecule has 2 atom stereocenters. The zero-order valence-corrected chi connectivity index (χ0v) is 13.2. The summed E-state index contributed by atoms with van der Waals surface area (Å²) in [5.41, 5.74) is 0.270. The van der Waals surface area contributed by atoms with E-state index in [1.165, 1.54) is 12.1 Å². The van der Waals surface area contributed by atoms with Gasteiger partial charge in [-0.05, 0) is 59.3 Å². The molecule has 1 nitrogen and oxygen atoms in total.